The first-order valence-corrected chi connectivity index (χ1v) is 17.6. The van der Waals surface area contributed by atoms with Crippen LogP contribution in [0.5, 0.6) is 5.75 Å². The van der Waals surface area contributed by atoms with Gasteiger partial charge in [-0.2, -0.15) is 0 Å². The van der Waals surface area contributed by atoms with Crippen LogP contribution in [0.15, 0.2) is 42.5 Å². The van der Waals surface area contributed by atoms with Crippen LogP contribution in [-0.2, 0) is 27.1 Å². The lowest BCUT2D eigenvalue weighted by atomic mass is 9.94. The molecule has 2 aromatic carbocycles. The van der Waals surface area contributed by atoms with Crippen molar-refractivity contribution < 1.29 is 38.4 Å². The quantitative estimate of drug-likeness (QED) is 0.151. The van der Waals surface area contributed by atoms with Gasteiger partial charge in [-0.15, -0.1) is 0 Å². The number of carbonyl (C=O) groups excluding carboxylic acids is 2. The molecule has 14 nitrogen and oxygen atoms in total. The molecule has 15 heteroatoms. The molecule has 45 heavy (non-hydrogen) atoms. The smallest absolute Gasteiger partial charge is 0.410 e. The molecule has 0 aromatic heterocycles. The summed E-state index contributed by atoms with van der Waals surface area (Å²) in [7, 11) is -2.17. The Morgan fingerprint density at radius 1 is 1.04 bits per heavy atom. The fourth-order valence-electron chi connectivity index (χ4n) is 4.88. The SMILES string of the molecule is CCC(CNC(=O)OCc1ccc([N+](=O)[O-])c(O)c1)[C@@H]1C[C@@H](O[Si](C)(C)C(C)(C)C)CN1C(=O)OCc1ccc([N+](=O)[O-])cc1. The number of nitro benzene ring substituents is 2. The van der Waals surface area contributed by atoms with Crippen molar-refractivity contribution >= 4 is 31.9 Å². The van der Waals surface area contributed by atoms with E-state index >= 15 is 0 Å². The minimum atomic E-state index is -2.17. The van der Waals surface area contributed by atoms with Gasteiger partial charge in [0.15, 0.2) is 14.1 Å². The summed E-state index contributed by atoms with van der Waals surface area (Å²) >= 11 is 0. The number of amides is 2. The number of non-ortho nitro benzene ring substituents is 1. The molecule has 1 fully saturated rings. The van der Waals surface area contributed by atoms with Gasteiger partial charge in [-0.05, 0) is 72.3 Å². The number of benzene rings is 2. The number of hydrogen-bond donors (Lipinski definition) is 2. The Balaban J connectivity index is 1.67. The van der Waals surface area contributed by atoms with Crippen LogP contribution in [0.1, 0.15) is 51.7 Å². The summed E-state index contributed by atoms with van der Waals surface area (Å²) in [5.74, 6) is -0.690. The fourth-order valence-corrected chi connectivity index (χ4v) is 6.24. The maximum absolute atomic E-state index is 13.4. The Kier molecular flexibility index (Phi) is 11.5. The number of carbonyl (C=O) groups is 2. The highest BCUT2D eigenvalue weighted by molar-refractivity contribution is 6.74. The number of rotatable bonds is 12. The molecule has 0 aliphatic carbocycles. The van der Waals surface area contributed by atoms with Crippen LogP contribution in [0.3, 0.4) is 0 Å². The standard InChI is InChI=1S/C30H42N4O10Si/c1-7-22(16-31-28(36)42-19-21-10-13-25(34(40)41)27(35)14-21)26-15-24(44-45(5,6)30(2,3)4)17-32(26)29(37)43-18-20-8-11-23(12-9-20)33(38)39/h8-14,22,24,26,35H,7,15-19H2,1-6H3,(H,31,36)/t22?,24-,26+/m1/s1. The molecule has 3 rings (SSSR count). The highest BCUT2D eigenvalue weighted by Gasteiger charge is 2.45. The summed E-state index contributed by atoms with van der Waals surface area (Å²) in [6, 6.07) is 9.18. The molecule has 0 radical (unpaired) electrons. The van der Waals surface area contributed by atoms with E-state index in [-0.39, 0.29) is 48.5 Å². The summed E-state index contributed by atoms with van der Waals surface area (Å²) in [5, 5.41) is 34.4. The number of nitrogens with one attached hydrogen (secondary N) is 1. The van der Waals surface area contributed by atoms with Crippen LogP contribution < -0.4 is 5.32 Å². The van der Waals surface area contributed by atoms with Crippen LogP contribution in [0.2, 0.25) is 18.1 Å². The summed E-state index contributed by atoms with van der Waals surface area (Å²) in [5.41, 5.74) is 0.482. The van der Waals surface area contributed by atoms with Crippen molar-refractivity contribution in [3.63, 3.8) is 0 Å². The van der Waals surface area contributed by atoms with E-state index in [2.05, 4.69) is 39.2 Å². The number of phenols is 1. The molecule has 3 atom stereocenters. The molecule has 0 spiro atoms. The van der Waals surface area contributed by atoms with Gasteiger partial charge in [0.1, 0.15) is 13.2 Å². The topological polar surface area (TPSA) is 184 Å². The molecule has 1 heterocycles. The molecule has 246 valence electrons. The second kappa shape index (κ2) is 14.7. The molecule has 1 unspecified atom stereocenters. The molecule has 1 saturated heterocycles. The summed E-state index contributed by atoms with van der Waals surface area (Å²) < 4.78 is 17.5. The molecule has 0 saturated carbocycles. The highest BCUT2D eigenvalue weighted by Crippen LogP contribution is 2.40. The van der Waals surface area contributed by atoms with Gasteiger partial charge in [0, 0.05) is 37.3 Å². The Bertz CT molecular complexity index is 1380. The highest BCUT2D eigenvalue weighted by atomic mass is 28.4. The second-order valence-electron chi connectivity index (χ2n) is 12.6. The van der Waals surface area contributed by atoms with Gasteiger partial charge >= 0.3 is 17.9 Å². The average molecular weight is 647 g/mol. The largest absolute Gasteiger partial charge is 0.502 e. The van der Waals surface area contributed by atoms with Gasteiger partial charge in [-0.1, -0.05) is 27.7 Å². The third-order valence-electron chi connectivity index (χ3n) is 8.50. The minimum absolute atomic E-state index is 0.0394. The number of likely N-dealkylation sites (tertiary alicyclic amines) is 1. The predicted octanol–water partition coefficient (Wildman–Crippen LogP) is 6.26. The van der Waals surface area contributed by atoms with Crippen LogP contribution in [-0.4, -0.2) is 65.6 Å². The zero-order valence-corrected chi connectivity index (χ0v) is 27.5. The molecule has 1 aliphatic heterocycles. The second-order valence-corrected chi connectivity index (χ2v) is 17.4. The number of ether oxygens (including phenoxy) is 2. The lowest BCUT2D eigenvalue weighted by Crippen LogP contribution is -2.45. The average Bonchev–Trinajstić information content (AvgIpc) is 3.37. The van der Waals surface area contributed by atoms with Gasteiger partial charge < -0.3 is 29.2 Å². The van der Waals surface area contributed by atoms with Gasteiger partial charge in [-0.3, -0.25) is 20.2 Å². The molecule has 1 aliphatic rings. The van der Waals surface area contributed by atoms with E-state index in [9.17, 15) is 34.9 Å². The predicted molar refractivity (Wildman–Crippen MR) is 167 cm³/mol. The van der Waals surface area contributed by atoms with Crippen molar-refractivity contribution in [3.05, 3.63) is 73.8 Å². The number of aromatic hydroxyl groups is 1. The van der Waals surface area contributed by atoms with E-state index in [1.54, 1.807) is 17.0 Å². The number of alkyl carbamates (subject to hydrolysis) is 1. The maximum atomic E-state index is 13.4. The summed E-state index contributed by atoms with van der Waals surface area (Å²) in [6.07, 6.45) is -0.306. The summed E-state index contributed by atoms with van der Waals surface area (Å²) in [4.78, 5) is 48.2. The Labute approximate surface area is 263 Å². The van der Waals surface area contributed by atoms with E-state index in [1.165, 1.54) is 24.3 Å². The number of hydrogen-bond acceptors (Lipinski definition) is 10. The molecule has 0 bridgehead atoms. The minimum Gasteiger partial charge on any atom is -0.502 e. The van der Waals surface area contributed by atoms with E-state index in [0.717, 1.165) is 6.07 Å². The molecular weight excluding hydrogens is 604 g/mol. The van der Waals surface area contributed by atoms with Gasteiger partial charge in [0.05, 0.1) is 16.0 Å². The Morgan fingerprint density at radius 3 is 2.22 bits per heavy atom. The number of nitro groups is 2. The molecule has 2 aromatic rings. The Morgan fingerprint density at radius 2 is 1.67 bits per heavy atom. The first-order valence-electron chi connectivity index (χ1n) is 14.7. The van der Waals surface area contributed by atoms with Crippen LogP contribution in [0.25, 0.3) is 0 Å². The first-order chi connectivity index (χ1) is 21.0. The van der Waals surface area contributed by atoms with Crippen molar-refractivity contribution in [3.8, 4) is 5.75 Å². The summed E-state index contributed by atoms with van der Waals surface area (Å²) in [6.45, 7) is 12.9. The van der Waals surface area contributed by atoms with Crippen molar-refractivity contribution in [2.24, 2.45) is 5.92 Å². The monoisotopic (exact) mass is 646 g/mol. The van der Waals surface area contributed by atoms with E-state index < -0.39 is 41.8 Å². The van der Waals surface area contributed by atoms with Gasteiger partial charge in [-0.25, -0.2) is 9.59 Å². The van der Waals surface area contributed by atoms with Crippen LogP contribution in [0.4, 0.5) is 21.0 Å². The number of nitrogens with zero attached hydrogens (tertiary/aromatic N) is 3. The Hall–Kier alpha value is -4.24. The fraction of sp³-hybridized carbons (Fsp3) is 0.533. The normalized spacial score (nSPS) is 17.4. The first kappa shape index (κ1) is 35.2. The molecule has 2 amide bonds. The van der Waals surface area contributed by atoms with E-state index in [0.29, 0.717) is 30.5 Å². The number of phenolic OH excluding ortho intramolecular Hbond substituents is 1. The lowest BCUT2D eigenvalue weighted by Gasteiger charge is -2.38. The van der Waals surface area contributed by atoms with Crippen LogP contribution in [0, 0.1) is 26.1 Å². The van der Waals surface area contributed by atoms with Crippen molar-refractivity contribution in [2.75, 3.05) is 13.1 Å². The van der Waals surface area contributed by atoms with Crippen molar-refractivity contribution in [1.29, 1.82) is 0 Å². The van der Waals surface area contributed by atoms with Crippen LogP contribution >= 0.6 is 0 Å². The third kappa shape index (κ3) is 9.37. The van der Waals surface area contributed by atoms with Gasteiger partial charge in [0.25, 0.3) is 5.69 Å². The van der Waals surface area contributed by atoms with E-state index in [4.69, 9.17) is 13.9 Å². The maximum Gasteiger partial charge on any atom is 0.410 e. The van der Waals surface area contributed by atoms with E-state index in [1.807, 2.05) is 6.92 Å². The molecule has 2 N–H and O–H groups in total. The van der Waals surface area contributed by atoms with Crippen molar-refractivity contribution in [2.45, 2.75) is 84.0 Å². The third-order valence-corrected chi connectivity index (χ3v) is 13.0. The molecular formula is C30H42N4O10Si. The zero-order valence-electron chi connectivity index (χ0n) is 26.5. The van der Waals surface area contributed by atoms with Gasteiger partial charge in [0.2, 0.25) is 0 Å². The lowest BCUT2D eigenvalue weighted by molar-refractivity contribution is -0.385. The zero-order chi connectivity index (χ0) is 33.5. The van der Waals surface area contributed by atoms with Crippen molar-refractivity contribution in [1.82, 2.24) is 10.2 Å².